The van der Waals surface area contributed by atoms with Gasteiger partial charge in [0.05, 0.1) is 17.4 Å². The van der Waals surface area contributed by atoms with Crippen LogP contribution in [-0.4, -0.2) is 32.1 Å². The monoisotopic (exact) mass is 413 g/mol. The number of hydrogen-bond donors (Lipinski definition) is 0. The second-order valence-electron chi connectivity index (χ2n) is 5.07. The summed E-state index contributed by atoms with van der Waals surface area (Å²) in [5.74, 6) is 1.43. The van der Waals surface area contributed by atoms with Gasteiger partial charge in [-0.1, -0.05) is 28.1 Å². The zero-order valence-electron chi connectivity index (χ0n) is 12.5. The summed E-state index contributed by atoms with van der Waals surface area (Å²) in [5.41, 5.74) is 0.993. The number of benzene rings is 2. The molecule has 0 aliphatic carbocycles. The highest BCUT2D eigenvalue weighted by atomic mass is 79.9. The maximum atomic E-state index is 12.9. The minimum absolute atomic E-state index is 0.185. The molecular formula is C16H16BrNO3S2. The van der Waals surface area contributed by atoms with Gasteiger partial charge in [-0.15, -0.1) is 11.8 Å². The number of sulfonamides is 1. The summed E-state index contributed by atoms with van der Waals surface area (Å²) in [6.07, 6.45) is 0. The first-order chi connectivity index (χ1) is 11.0. The second-order valence-corrected chi connectivity index (χ2v) is 9.06. The molecule has 4 nitrogen and oxygen atoms in total. The van der Waals surface area contributed by atoms with Crippen LogP contribution in [0.3, 0.4) is 0 Å². The SMILES string of the molecule is COc1ccc(S(=O)(=O)N2CCS[C@H]2c2ccc(Br)cc2)cc1. The van der Waals surface area contributed by atoms with E-state index in [1.807, 2.05) is 24.3 Å². The van der Waals surface area contributed by atoms with E-state index in [-0.39, 0.29) is 5.37 Å². The standard InChI is InChI=1S/C16H16BrNO3S2/c1-21-14-6-8-15(9-7-14)23(19,20)18-10-11-22-16(18)12-2-4-13(17)5-3-12/h2-9,16H,10-11H2,1H3/t16-/m0/s1. The lowest BCUT2D eigenvalue weighted by Crippen LogP contribution is -2.30. The molecule has 0 bridgehead atoms. The van der Waals surface area contributed by atoms with Crippen LogP contribution in [0.5, 0.6) is 5.75 Å². The maximum absolute atomic E-state index is 12.9. The number of methoxy groups -OCH3 is 1. The van der Waals surface area contributed by atoms with Crippen molar-refractivity contribution in [3.05, 3.63) is 58.6 Å². The molecule has 3 rings (SSSR count). The zero-order chi connectivity index (χ0) is 16.4. The zero-order valence-corrected chi connectivity index (χ0v) is 15.7. The van der Waals surface area contributed by atoms with Crippen molar-refractivity contribution in [2.45, 2.75) is 10.3 Å². The molecule has 0 N–H and O–H groups in total. The molecule has 0 unspecified atom stereocenters. The van der Waals surface area contributed by atoms with Crippen LogP contribution in [0.1, 0.15) is 10.9 Å². The Morgan fingerprint density at radius 2 is 1.78 bits per heavy atom. The number of ether oxygens (including phenoxy) is 1. The van der Waals surface area contributed by atoms with E-state index in [2.05, 4.69) is 15.9 Å². The third-order valence-electron chi connectivity index (χ3n) is 3.67. The lowest BCUT2D eigenvalue weighted by Gasteiger charge is -2.23. The highest BCUT2D eigenvalue weighted by molar-refractivity contribution is 9.10. The first-order valence-corrected chi connectivity index (χ1v) is 10.3. The van der Waals surface area contributed by atoms with Gasteiger partial charge in [-0.3, -0.25) is 0 Å². The van der Waals surface area contributed by atoms with E-state index in [9.17, 15) is 8.42 Å². The quantitative estimate of drug-likeness (QED) is 0.762. The summed E-state index contributed by atoms with van der Waals surface area (Å²) in [4.78, 5) is 0.294. The van der Waals surface area contributed by atoms with Gasteiger partial charge in [0.15, 0.2) is 0 Å². The number of hydrogen-bond acceptors (Lipinski definition) is 4. The fourth-order valence-electron chi connectivity index (χ4n) is 2.47. The molecule has 1 atom stereocenters. The van der Waals surface area contributed by atoms with Gasteiger partial charge < -0.3 is 4.74 Å². The second kappa shape index (κ2) is 6.84. The van der Waals surface area contributed by atoms with Crippen molar-refractivity contribution in [2.75, 3.05) is 19.4 Å². The molecule has 1 aliphatic heterocycles. The van der Waals surface area contributed by atoms with Gasteiger partial charge in [0.2, 0.25) is 10.0 Å². The predicted octanol–water partition coefficient (Wildman–Crippen LogP) is 3.89. The van der Waals surface area contributed by atoms with Crippen molar-refractivity contribution in [3.63, 3.8) is 0 Å². The van der Waals surface area contributed by atoms with Crippen molar-refractivity contribution in [2.24, 2.45) is 0 Å². The predicted molar refractivity (Wildman–Crippen MR) is 96.2 cm³/mol. The first-order valence-electron chi connectivity index (χ1n) is 7.05. The number of thioether (sulfide) groups is 1. The summed E-state index contributed by atoms with van der Waals surface area (Å²) in [6, 6.07) is 14.3. The van der Waals surface area contributed by atoms with E-state index >= 15 is 0 Å². The van der Waals surface area contributed by atoms with E-state index in [1.165, 1.54) is 0 Å². The van der Waals surface area contributed by atoms with Crippen LogP contribution < -0.4 is 4.74 Å². The third kappa shape index (κ3) is 3.42. The van der Waals surface area contributed by atoms with Crippen molar-refractivity contribution in [3.8, 4) is 5.75 Å². The Kier molecular flexibility index (Phi) is 5.01. The van der Waals surface area contributed by atoms with Crippen LogP contribution in [0.4, 0.5) is 0 Å². The van der Waals surface area contributed by atoms with Crippen LogP contribution >= 0.6 is 27.7 Å². The summed E-state index contributed by atoms with van der Waals surface area (Å²) >= 11 is 5.05. The lowest BCUT2D eigenvalue weighted by atomic mass is 10.2. The number of rotatable bonds is 4. The van der Waals surface area contributed by atoms with E-state index in [0.29, 0.717) is 17.2 Å². The van der Waals surface area contributed by atoms with Gasteiger partial charge in [-0.25, -0.2) is 8.42 Å². The normalized spacial score (nSPS) is 19.0. The maximum Gasteiger partial charge on any atom is 0.244 e. The van der Waals surface area contributed by atoms with Gasteiger partial charge in [0.25, 0.3) is 0 Å². The van der Waals surface area contributed by atoms with Crippen molar-refractivity contribution in [1.29, 1.82) is 0 Å². The van der Waals surface area contributed by atoms with E-state index < -0.39 is 10.0 Å². The molecule has 2 aromatic carbocycles. The fraction of sp³-hybridized carbons (Fsp3) is 0.250. The highest BCUT2D eigenvalue weighted by Gasteiger charge is 2.36. The molecule has 2 aromatic rings. The van der Waals surface area contributed by atoms with Crippen LogP contribution in [-0.2, 0) is 10.0 Å². The Hall–Kier alpha value is -1.02. The van der Waals surface area contributed by atoms with Crippen molar-refractivity contribution < 1.29 is 13.2 Å². The lowest BCUT2D eigenvalue weighted by molar-refractivity contribution is 0.414. The van der Waals surface area contributed by atoms with Crippen LogP contribution in [0.15, 0.2) is 57.9 Å². The average molecular weight is 414 g/mol. The van der Waals surface area contributed by atoms with Gasteiger partial charge in [-0.2, -0.15) is 4.31 Å². The van der Waals surface area contributed by atoms with Crippen molar-refractivity contribution >= 4 is 37.7 Å². The topological polar surface area (TPSA) is 46.6 Å². The van der Waals surface area contributed by atoms with Crippen molar-refractivity contribution in [1.82, 2.24) is 4.31 Å². The Labute approximate surface area is 149 Å². The smallest absolute Gasteiger partial charge is 0.244 e. The van der Waals surface area contributed by atoms with Gasteiger partial charge in [0.1, 0.15) is 5.75 Å². The molecular weight excluding hydrogens is 398 g/mol. The molecule has 1 fully saturated rings. The molecule has 7 heteroatoms. The summed E-state index contributed by atoms with van der Waals surface area (Å²) < 4.78 is 33.5. The van der Waals surface area contributed by atoms with Crippen LogP contribution in [0.25, 0.3) is 0 Å². The Balaban J connectivity index is 1.92. The molecule has 122 valence electrons. The Bertz CT molecular complexity index is 776. The largest absolute Gasteiger partial charge is 0.497 e. The summed E-state index contributed by atoms with van der Waals surface area (Å²) in [5, 5.41) is -0.185. The minimum atomic E-state index is -3.53. The van der Waals surface area contributed by atoms with Gasteiger partial charge in [0, 0.05) is 16.8 Å². The highest BCUT2D eigenvalue weighted by Crippen LogP contribution is 2.41. The Morgan fingerprint density at radius 3 is 2.39 bits per heavy atom. The summed E-state index contributed by atoms with van der Waals surface area (Å²) in [7, 11) is -1.97. The number of nitrogens with zero attached hydrogens (tertiary/aromatic N) is 1. The summed E-state index contributed by atoms with van der Waals surface area (Å²) in [6.45, 7) is 0.514. The average Bonchev–Trinajstić information content (AvgIpc) is 3.06. The van der Waals surface area contributed by atoms with Crippen LogP contribution in [0.2, 0.25) is 0 Å². The molecule has 0 spiro atoms. The van der Waals surface area contributed by atoms with Gasteiger partial charge >= 0.3 is 0 Å². The van der Waals surface area contributed by atoms with Gasteiger partial charge in [-0.05, 0) is 42.0 Å². The molecule has 0 amide bonds. The van der Waals surface area contributed by atoms with E-state index in [1.54, 1.807) is 47.4 Å². The van der Waals surface area contributed by atoms with E-state index in [0.717, 1.165) is 15.8 Å². The molecule has 1 saturated heterocycles. The molecule has 0 saturated carbocycles. The molecule has 1 aliphatic rings. The molecule has 0 aromatic heterocycles. The minimum Gasteiger partial charge on any atom is -0.497 e. The number of halogens is 1. The Morgan fingerprint density at radius 1 is 1.13 bits per heavy atom. The van der Waals surface area contributed by atoms with Crippen LogP contribution in [0, 0.1) is 0 Å². The van der Waals surface area contributed by atoms with E-state index in [4.69, 9.17) is 4.74 Å². The molecule has 0 radical (unpaired) electrons. The molecule has 23 heavy (non-hydrogen) atoms. The fourth-order valence-corrected chi connectivity index (χ4v) is 5.98. The molecule has 1 heterocycles. The first kappa shape index (κ1) is 16.8. The third-order valence-corrected chi connectivity index (χ3v) is 7.47.